The first-order valence-electron chi connectivity index (χ1n) is 15.8. The summed E-state index contributed by atoms with van der Waals surface area (Å²) in [4.78, 5) is 4.94. The molecule has 1 saturated carbocycles. The number of hydrogen-bond acceptors (Lipinski definition) is 2. The average molecular weight is 491 g/mol. The zero-order chi connectivity index (χ0) is 26.1. The first-order valence-corrected chi connectivity index (χ1v) is 15.8. The molecule has 0 aliphatic heterocycles. The Bertz CT molecular complexity index is 513. The number of unbranched alkanes of at least 4 members (excludes halogenated alkanes) is 9. The van der Waals surface area contributed by atoms with E-state index in [9.17, 15) is 0 Å². The van der Waals surface area contributed by atoms with Gasteiger partial charge in [-0.3, -0.25) is 0 Å². The van der Waals surface area contributed by atoms with E-state index in [2.05, 4.69) is 65.2 Å². The van der Waals surface area contributed by atoms with Crippen LogP contribution in [0.1, 0.15) is 143 Å². The molecule has 5 unspecified atom stereocenters. The van der Waals surface area contributed by atoms with Gasteiger partial charge in [-0.2, -0.15) is 0 Å². The molecule has 35 heavy (non-hydrogen) atoms. The lowest BCUT2D eigenvalue weighted by Gasteiger charge is -2.42. The zero-order valence-corrected chi connectivity index (χ0v) is 25.4. The quantitative estimate of drug-likeness (QED) is 0.148. The summed E-state index contributed by atoms with van der Waals surface area (Å²) in [5.41, 5.74) is 1.39. The topological polar surface area (TPSA) is 6.48 Å². The van der Waals surface area contributed by atoms with Gasteiger partial charge in [0.25, 0.3) is 0 Å². The molecule has 1 aliphatic carbocycles. The predicted molar refractivity (Wildman–Crippen MR) is 159 cm³/mol. The highest BCUT2D eigenvalue weighted by Crippen LogP contribution is 2.38. The largest absolute Gasteiger partial charge is 0.375 e. The molecule has 0 aromatic heterocycles. The maximum Gasteiger partial charge on any atom is 0.0309 e. The van der Waals surface area contributed by atoms with Gasteiger partial charge in [-0.25, -0.2) is 0 Å². The van der Waals surface area contributed by atoms with Crippen molar-refractivity contribution >= 4 is 0 Å². The SMILES string of the molecule is C=C(CCCCCCCCCCCC)N(C)C1CCC(CC(CCC)CC(C)CN(C)C)CC1C. The third-order valence-electron chi connectivity index (χ3n) is 8.82. The molecule has 0 N–H and O–H groups in total. The Kier molecular flexibility index (Phi) is 18.2. The lowest BCUT2D eigenvalue weighted by Crippen LogP contribution is -2.40. The van der Waals surface area contributed by atoms with E-state index in [1.807, 2.05) is 0 Å². The molecular formula is C33H66N2. The molecule has 0 heterocycles. The van der Waals surface area contributed by atoms with Crippen molar-refractivity contribution in [2.75, 3.05) is 27.7 Å². The van der Waals surface area contributed by atoms with Crippen LogP contribution < -0.4 is 0 Å². The van der Waals surface area contributed by atoms with Gasteiger partial charge in [-0.1, -0.05) is 105 Å². The van der Waals surface area contributed by atoms with Gasteiger partial charge in [0.2, 0.25) is 0 Å². The van der Waals surface area contributed by atoms with Gasteiger partial charge < -0.3 is 9.80 Å². The lowest BCUT2D eigenvalue weighted by molar-refractivity contribution is 0.118. The van der Waals surface area contributed by atoms with E-state index in [-0.39, 0.29) is 0 Å². The highest BCUT2D eigenvalue weighted by molar-refractivity contribution is 4.98. The van der Waals surface area contributed by atoms with Crippen molar-refractivity contribution in [3.63, 3.8) is 0 Å². The summed E-state index contributed by atoms with van der Waals surface area (Å²) in [5, 5.41) is 0. The molecule has 208 valence electrons. The van der Waals surface area contributed by atoms with Crippen molar-refractivity contribution in [2.45, 2.75) is 149 Å². The van der Waals surface area contributed by atoms with Crippen LogP contribution in [0.4, 0.5) is 0 Å². The van der Waals surface area contributed by atoms with E-state index in [0.717, 1.165) is 23.7 Å². The van der Waals surface area contributed by atoms with Crippen LogP contribution in [0, 0.1) is 23.7 Å². The first-order chi connectivity index (χ1) is 16.8. The smallest absolute Gasteiger partial charge is 0.0309 e. The van der Waals surface area contributed by atoms with E-state index in [1.165, 1.54) is 128 Å². The second kappa shape index (κ2) is 19.6. The molecule has 0 spiro atoms. The summed E-state index contributed by atoms with van der Waals surface area (Å²) in [6.07, 6.45) is 25.2. The molecule has 0 saturated heterocycles. The average Bonchev–Trinajstić information content (AvgIpc) is 2.79. The zero-order valence-electron chi connectivity index (χ0n) is 25.4. The standard InChI is InChI=1S/C33H66N2/c1-9-11-12-13-14-15-16-17-18-19-21-30(5)35(8)33-23-22-32(25-29(33)4)26-31(20-10-2)24-28(3)27-34(6)7/h28-29,31-33H,5,9-27H2,1-4,6-8H3. The minimum absolute atomic E-state index is 0.708. The van der Waals surface area contributed by atoms with E-state index < -0.39 is 0 Å². The highest BCUT2D eigenvalue weighted by Gasteiger charge is 2.31. The lowest BCUT2D eigenvalue weighted by atomic mass is 9.73. The van der Waals surface area contributed by atoms with Crippen LogP contribution >= 0.6 is 0 Å². The van der Waals surface area contributed by atoms with Gasteiger partial charge in [0, 0.05) is 25.3 Å². The molecule has 2 heteroatoms. The molecule has 0 bridgehead atoms. The number of allylic oxidation sites excluding steroid dienone is 1. The number of rotatable bonds is 21. The Labute approximate surface area is 222 Å². The molecule has 0 aromatic carbocycles. The molecule has 2 nitrogen and oxygen atoms in total. The van der Waals surface area contributed by atoms with Crippen LogP contribution in [0.3, 0.4) is 0 Å². The molecule has 1 fully saturated rings. The van der Waals surface area contributed by atoms with Crippen LogP contribution in [-0.4, -0.2) is 43.5 Å². The fourth-order valence-corrected chi connectivity index (χ4v) is 6.99. The molecule has 5 atom stereocenters. The van der Waals surface area contributed by atoms with Gasteiger partial charge in [-0.05, 0) is 82.7 Å². The fourth-order valence-electron chi connectivity index (χ4n) is 6.99. The van der Waals surface area contributed by atoms with Crippen LogP contribution in [0.2, 0.25) is 0 Å². The fraction of sp³-hybridized carbons (Fsp3) is 0.939. The Morgan fingerprint density at radius 3 is 2.00 bits per heavy atom. The van der Waals surface area contributed by atoms with Gasteiger partial charge >= 0.3 is 0 Å². The second-order valence-corrected chi connectivity index (χ2v) is 12.8. The van der Waals surface area contributed by atoms with Crippen LogP contribution in [0.25, 0.3) is 0 Å². The van der Waals surface area contributed by atoms with Crippen molar-refractivity contribution in [3.05, 3.63) is 12.3 Å². The third-order valence-corrected chi connectivity index (χ3v) is 8.82. The van der Waals surface area contributed by atoms with E-state index in [0.29, 0.717) is 6.04 Å². The molecule has 1 aliphatic rings. The van der Waals surface area contributed by atoms with Crippen molar-refractivity contribution < 1.29 is 0 Å². The van der Waals surface area contributed by atoms with Gasteiger partial charge in [0.15, 0.2) is 0 Å². The molecular weight excluding hydrogens is 424 g/mol. The highest BCUT2D eigenvalue weighted by atomic mass is 15.1. The molecule has 0 radical (unpaired) electrons. The summed E-state index contributed by atoms with van der Waals surface area (Å²) in [6, 6.07) is 0.708. The number of hydrogen-bond donors (Lipinski definition) is 0. The van der Waals surface area contributed by atoms with E-state index in [1.54, 1.807) is 0 Å². The summed E-state index contributed by atoms with van der Waals surface area (Å²) >= 11 is 0. The van der Waals surface area contributed by atoms with Crippen LogP contribution in [0.15, 0.2) is 12.3 Å². The summed E-state index contributed by atoms with van der Waals surface area (Å²) in [5.74, 6) is 3.47. The Balaban J connectivity index is 2.29. The number of nitrogens with zero attached hydrogens (tertiary/aromatic N) is 2. The Hall–Kier alpha value is -0.500. The molecule has 0 aromatic rings. The van der Waals surface area contributed by atoms with E-state index >= 15 is 0 Å². The second-order valence-electron chi connectivity index (χ2n) is 12.8. The van der Waals surface area contributed by atoms with Crippen LogP contribution in [0.5, 0.6) is 0 Å². The third kappa shape index (κ3) is 14.7. The van der Waals surface area contributed by atoms with Crippen LogP contribution in [-0.2, 0) is 0 Å². The summed E-state index contributed by atoms with van der Waals surface area (Å²) < 4.78 is 0. The van der Waals surface area contributed by atoms with Gasteiger partial charge in [-0.15, -0.1) is 0 Å². The Morgan fingerprint density at radius 2 is 1.46 bits per heavy atom. The maximum absolute atomic E-state index is 4.51. The Morgan fingerprint density at radius 1 is 0.857 bits per heavy atom. The minimum Gasteiger partial charge on any atom is -0.375 e. The van der Waals surface area contributed by atoms with Crippen molar-refractivity contribution in [1.29, 1.82) is 0 Å². The van der Waals surface area contributed by atoms with Crippen molar-refractivity contribution in [3.8, 4) is 0 Å². The monoisotopic (exact) mass is 491 g/mol. The first kappa shape index (κ1) is 32.5. The minimum atomic E-state index is 0.708. The van der Waals surface area contributed by atoms with E-state index in [4.69, 9.17) is 0 Å². The summed E-state index contributed by atoms with van der Waals surface area (Å²) in [6.45, 7) is 15.4. The molecule has 0 amide bonds. The maximum atomic E-state index is 4.51. The van der Waals surface area contributed by atoms with Gasteiger partial charge in [0.1, 0.15) is 0 Å². The normalized spacial score (nSPS) is 22.3. The summed E-state index contributed by atoms with van der Waals surface area (Å²) in [7, 11) is 6.77. The van der Waals surface area contributed by atoms with Gasteiger partial charge in [0.05, 0.1) is 0 Å². The predicted octanol–water partition coefficient (Wildman–Crippen LogP) is 9.94. The van der Waals surface area contributed by atoms with Crippen molar-refractivity contribution in [1.82, 2.24) is 9.80 Å². The molecule has 1 rings (SSSR count). The van der Waals surface area contributed by atoms with Crippen molar-refractivity contribution in [2.24, 2.45) is 23.7 Å².